The summed E-state index contributed by atoms with van der Waals surface area (Å²) in [7, 11) is -7.57. The number of rotatable bonds is 3. The van der Waals surface area contributed by atoms with Crippen LogP contribution in [0.4, 0.5) is 13.2 Å². The van der Waals surface area contributed by atoms with Crippen molar-refractivity contribution >= 4 is 18.7 Å². The highest BCUT2D eigenvalue weighted by atomic mass is 32.3. The summed E-state index contributed by atoms with van der Waals surface area (Å²) in [6.45, 7) is 4.26. The molecule has 0 aliphatic carbocycles. The van der Waals surface area contributed by atoms with Crippen LogP contribution in [-0.4, -0.2) is 23.1 Å². The maximum atomic E-state index is 11.5. The zero-order valence-corrected chi connectivity index (χ0v) is 8.99. The van der Waals surface area contributed by atoms with E-state index < -0.39 is 25.1 Å². The average Bonchev–Trinajstić information content (AvgIpc) is 1.43. The van der Waals surface area contributed by atoms with Gasteiger partial charge >= 0.3 is 16.8 Å². The van der Waals surface area contributed by atoms with E-state index >= 15 is 0 Å². The molecule has 80 valence electrons. The van der Waals surface area contributed by atoms with Gasteiger partial charge in [0, 0.05) is 0 Å². The second kappa shape index (κ2) is 3.56. The van der Waals surface area contributed by atoms with Crippen molar-refractivity contribution in [2.24, 2.45) is 0 Å². The zero-order chi connectivity index (χ0) is 10.9. The molecule has 0 aromatic rings. The molecule has 0 rings (SSSR count). The van der Waals surface area contributed by atoms with E-state index in [-0.39, 0.29) is 0 Å². The van der Waals surface area contributed by atoms with Crippen LogP contribution in [0.3, 0.4) is 0 Å². The van der Waals surface area contributed by atoms with Crippen LogP contribution in [0.5, 0.6) is 0 Å². The molecule has 0 aliphatic heterocycles. The standard InChI is InChI=1S/C4H9F3O4SSi/c1-13(2,3)11-12(8,9)10-4(5,6)7/h1-3H3. The van der Waals surface area contributed by atoms with Crippen LogP contribution in [0, 0.1) is 0 Å². The van der Waals surface area contributed by atoms with Crippen molar-refractivity contribution in [3.8, 4) is 0 Å². The molecule has 9 heteroatoms. The minimum absolute atomic E-state index is 1.42. The smallest absolute Gasteiger partial charge is 0.294 e. The first-order valence-electron chi connectivity index (χ1n) is 3.14. The van der Waals surface area contributed by atoms with Gasteiger partial charge in [0.2, 0.25) is 8.32 Å². The molecule has 0 saturated carbocycles. The lowest BCUT2D eigenvalue weighted by Gasteiger charge is -2.16. The van der Waals surface area contributed by atoms with Crippen molar-refractivity contribution in [3.63, 3.8) is 0 Å². The third kappa shape index (κ3) is 8.21. The predicted molar refractivity (Wildman–Crippen MR) is 40.5 cm³/mol. The number of halogens is 3. The van der Waals surface area contributed by atoms with Crippen molar-refractivity contribution in [3.05, 3.63) is 0 Å². The second-order valence-corrected chi connectivity index (χ2v) is 9.01. The van der Waals surface area contributed by atoms with Gasteiger partial charge in [-0.05, 0) is 19.6 Å². The molecule has 0 saturated heterocycles. The fraction of sp³-hybridized carbons (Fsp3) is 1.00. The van der Waals surface area contributed by atoms with Crippen LogP contribution in [-0.2, 0) is 18.5 Å². The van der Waals surface area contributed by atoms with Crippen molar-refractivity contribution in [1.29, 1.82) is 0 Å². The second-order valence-electron chi connectivity index (χ2n) is 3.13. The summed E-state index contributed by atoms with van der Waals surface area (Å²) < 4.78 is 62.4. The Morgan fingerprint density at radius 2 is 1.54 bits per heavy atom. The SMILES string of the molecule is C[Si](C)(C)OS(=O)(=O)OC(F)(F)F. The summed E-state index contributed by atoms with van der Waals surface area (Å²) in [5, 5.41) is 0. The lowest BCUT2D eigenvalue weighted by molar-refractivity contribution is -0.274. The highest BCUT2D eigenvalue weighted by molar-refractivity contribution is 7.83. The molecular formula is C4H9F3O4SSi. The van der Waals surface area contributed by atoms with Crippen molar-refractivity contribution in [2.45, 2.75) is 26.0 Å². The van der Waals surface area contributed by atoms with Crippen LogP contribution >= 0.6 is 0 Å². The third-order valence-electron chi connectivity index (χ3n) is 0.549. The summed E-state index contributed by atoms with van der Waals surface area (Å²) in [6.07, 6.45) is -5.24. The predicted octanol–water partition coefficient (Wildman–Crippen LogP) is 1.62. The summed E-state index contributed by atoms with van der Waals surface area (Å²) in [5.41, 5.74) is 0. The van der Waals surface area contributed by atoms with Crippen molar-refractivity contribution in [2.75, 3.05) is 0 Å². The minimum Gasteiger partial charge on any atom is -0.294 e. The molecule has 0 aliphatic rings. The Morgan fingerprint density at radius 3 is 1.77 bits per heavy atom. The molecule has 0 heterocycles. The van der Waals surface area contributed by atoms with Gasteiger partial charge in [0.1, 0.15) is 0 Å². The van der Waals surface area contributed by atoms with Crippen molar-refractivity contribution in [1.82, 2.24) is 0 Å². The number of hydrogen-bond donors (Lipinski definition) is 0. The molecule has 0 unspecified atom stereocenters. The first-order valence-corrected chi connectivity index (χ1v) is 7.88. The Bertz CT molecular complexity index is 242. The summed E-state index contributed by atoms with van der Waals surface area (Å²) >= 11 is 0. The summed E-state index contributed by atoms with van der Waals surface area (Å²) in [4.78, 5) is 0. The molecule has 0 spiro atoms. The maximum Gasteiger partial charge on any atom is 0.538 e. The van der Waals surface area contributed by atoms with Gasteiger partial charge in [0.05, 0.1) is 0 Å². The van der Waals surface area contributed by atoms with Gasteiger partial charge in [-0.2, -0.15) is 8.42 Å². The highest BCUT2D eigenvalue weighted by Crippen LogP contribution is 2.22. The first kappa shape index (κ1) is 12.9. The molecule has 0 N–H and O–H groups in total. The molecule has 0 atom stereocenters. The Hall–Kier alpha value is -0.123. The van der Waals surface area contributed by atoms with Crippen LogP contribution in [0.2, 0.25) is 19.6 Å². The fourth-order valence-corrected chi connectivity index (χ4v) is 3.26. The van der Waals surface area contributed by atoms with E-state index in [1.165, 1.54) is 19.6 Å². The van der Waals surface area contributed by atoms with E-state index in [1.54, 1.807) is 0 Å². The van der Waals surface area contributed by atoms with Crippen molar-refractivity contribution < 1.29 is 29.6 Å². The largest absolute Gasteiger partial charge is 0.538 e. The van der Waals surface area contributed by atoms with E-state index in [0.29, 0.717) is 0 Å². The zero-order valence-electron chi connectivity index (χ0n) is 7.18. The Labute approximate surface area is 75.1 Å². The fourth-order valence-electron chi connectivity index (χ4n) is 0.439. The normalized spacial score (nSPS) is 14.6. The Balaban J connectivity index is 4.46. The van der Waals surface area contributed by atoms with E-state index in [4.69, 9.17) is 0 Å². The van der Waals surface area contributed by atoms with Crippen LogP contribution in [0.15, 0.2) is 0 Å². The molecule has 4 nitrogen and oxygen atoms in total. The van der Waals surface area contributed by atoms with Gasteiger partial charge in [-0.15, -0.1) is 17.4 Å². The lowest BCUT2D eigenvalue weighted by Crippen LogP contribution is -2.33. The maximum absolute atomic E-state index is 11.5. The molecule has 0 fully saturated rings. The van der Waals surface area contributed by atoms with Crippen LogP contribution in [0.1, 0.15) is 0 Å². The van der Waals surface area contributed by atoms with Crippen LogP contribution < -0.4 is 0 Å². The Morgan fingerprint density at radius 1 is 1.15 bits per heavy atom. The summed E-state index contributed by atoms with van der Waals surface area (Å²) in [6, 6.07) is 0. The topological polar surface area (TPSA) is 52.6 Å². The highest BCUT2D eigenvalue weighted by Gasteiger charge is 2.39. The first-order chi connectivity index (χ1) is 5.41. The van der Waals surface area contributed by atoms with Gasteiger partial charge in [0.15, 0.2) is 0 Å². The van der Waals surface area contributed by atoms with Gasteiger partial charge in [0.25, 0.3) is 0 Å². The van der Waals surface area contributed by atoms with Gasteiger partial charge in [-0.25, -0.2) is 0 Å². The number of hydrogen-bond acceptors (Lipinski definition) is 4. The average molecular weight is 238 g/mol. The molecule has 0 aromatic carbocycles. The third-order valence-corrected chi connectivity index (χ3v) is 3.76. The Kier molecular flexibility index (Phi) is 3.52. The van der Waals surface area contributed by atoms with Crippen LogP contribution in [0.25, 0.3) is 0 Å². The molecule has 0 bridgehead atoms. The van der Waals surface area contributed by atoms with Gasteiger partial charge in [-0.3, -0.25) is 3.87 Å². The molecule has 0 radical (unpaired) electrons. The number of alkyl halides is 3. The van der Waals surface area contributed by atoms with E-state index in [2.05, 4.69) is 8.06 Å². The van der Waals surface area contributed by atoms with Gasteiger partial charge < -0.3 is 0 Å². The minimum atomic E-state index is -5.24. The van der Waals surface area contributed by atoms with E-state index in [9.17, 15) is 21.6 Å². The van der Waals surface area contributed by atoms with E-state index in [1.807, 2.05) is 0 Å². The van der Waals surface area contributed by atoms with Gasteiger partial charge in [-0.1, -0.05) is 0 Å². The quantitative estimate of drug-likeness (QED) is 0.701. The summed E-state index contributed by atoms with van der Waals surface area (Å²) in [5.74, 6) is 0. The molecule has 0 amide bonds. The van der Waals surface area contributed by atoms with E-state index in [0.717, 1.165) is 0 Å². The molecule has 0 aromatic heterocycles. The monoisotopic (exact) mass is 238 g/mol. The molecular weight excluding hydrogens is 229 g/mol. The molecule has 13 heavy (non-hydrogen) atoms. The lowest BCUT2D eigenvalue weighted by atomic mass is 11.4.